The quantitative estimate of drug-likeness (QED) is 0.863. The molecule has 136 valence electrons. The van der Waals surface area contributed by atoms with Crippen molar-refractivity contribution >= 4 is 17.7 Å². The number of anilines is 1. The van der Waals surface area contributed by atoms with E-state index in [0.717, 1.165) is 12.8 Å². The van der Waals surface area contributed by atoms with E-state index in [1.54, 1.807) is 6.07 Å². The summed E-state index contributed by atoms with van der Waals surface area (Å²) in [4.78, 5) is 31.5. The predicted octanol–water partition coefficient (Wildman–Crippen LogP) is 2.45. The fourth-order valence-corrected chi connectivity index (χ4v) is 3.15. The van der Waals surface area contributed by atoms with Crippen molar-refractivity contribution in [3.05, 3.63) is 59.8 Å². The van der Waals surface area contributed by atoms with Crippen LogP contribution in [-0.4, -0.2) is 53.0 Å². The molecule has 1 aromatic carbocycles. The summed E-state index contributed by atoms with van der Waals surface area (Å²) in [6, 6.07) is 15.2. The third-order valence-corrected chi connectivity index (χ3v) is 4.61. The van der Waals surface area contributed by atoms with Crippen LogP contribution in [0.1, 0.15) is 28.9 Å². The van der Waals surface area contributed by atoms with E-state index in [1.165, 1.54) is 11.6 Å². The third kappa shape index (κ3) is 4.59. The second-order valence-corrected chi connectivity index (χ2v) is 6.39. The predicted molar refractivity (Wildman–Crippen MR) is 99.4 cm³/mol. The fraction of sp³-hybridized carbons (Fsp3) is 0.350. The highest BCUT2D eigenvalue weighted by molar-refractivity contribution is 5.85. The van der Waals surface area contributed by atoms with Crippen LogP contribution >= 0.6 is 0 Å². The van der Waals surface area contributed by atoms with E-state index in [0.29, 0.717) is 38.4 Å². The topological polar surface area (TPSA) is 73.7 Å². The number of piperazine rings is 1. The van der Waals surface area contributed by atoms with Gasteiger partial charge in [-0.15, -0.1) is 0 Å². The molecule has 2 heterocycles. The lowest BCUT2D eigenvalue weighted by Crippen LogP contribution is -2.49. The van der Waals surface area contributed by atoms with Crippen molar-refractivity contribution in [3.63, 3.8) is 0 Å². The molecule has 1 aromatic heterocycles. The van der Waals surface area contributed by atoms with Gasteiger partial charge in [0.25, 0.3) is 0 Å². The van der Waals surface area contributed by atoms with Gasteiger partial charge in [-0.2, -0.15) is 0 Å². The maximum absolute atomic E-state index is 12.4. The van der Waals surface area contributed by atoms with Crippen LogP contribution in [0.15, 0.2) is 48.5 Å². The number of benzene rings is 1. The Morgan fingerprint density at radius 2 is 1.69 bits per heavy atom. The van der Waals surface area contributed by atoms with Crippen molar-refractivity contribution in [1.82, 2.24) is 9.88 Å². The number of hydrogen-bond donors (Lipinski definition) is 1. The second kappa shape index (κ2) is 8.47. The van der Waals surface area contributed by atoms with Gasteiger partial charge in [-0.1, -0.05) is 36.4 Å². The second-order valence-electron chi connectivity index (χ2n) is 6.39. The lowest BCUT2D eigenvalue weighted by Gasteiger charge is -2.35. The van der Waals surface area contributed by atoms with Crippen LogP contribution in [0.5, 0.6) is 0 Å². The van der Waals surface area contributed by atoms with E-state index < -0.39 is 5.97 Å². The molecule has 0 radical (unpaired) electrons. The summed E-state index contributed by atoms with van der Waals surface area (Å²) >= 11 is 0. The minimum Gasteiger partial charge on any atom is -0.477 e. The maximum atomic E-state index is 12.4. The van der Waals surface area contributed by atoms with Gasteiger partial charge in [0.15, 0.2) is 5.69 Å². The van der Waals surface area contributed by atoms with Crippen molar-refractivity contribution in [2.24, 2.45) is 0 Å². The van der Waals surface area contributed by atoms with Crippen LogP contribution in [0, 0.1) is 0 Å². The Labute approximate surface area is 153 Å². The number of pyridine rings is 1. The van der Waals surface area contributed by atoms with Crippen molar-refractivity contribution < 1.29 is 14.7 Å². The molecule has 3 rings (SSSR count). The van der Waals surface area contributed by atoms with Crippen molar-refractivity contribution in [3.8, 4) is 0 Å². The number of nitrogens with zero attached hydrogens (tertiary/aromatic N) is 3. The van der Waals surface area contributed by atoms with Crippen LogP contribution in [0.25, 0.3) is 0 Å². The fourth-order valence-electron chi connectivity index (χ4n) is 3.15. The molecule has 1 saturated heterocycles. The van der Waals surface area contributed by atoms with Gasteiger partial charge in [-0.3, -0.25) is 4.79 Å². The Morgan fingerprint density at radius 1 is 0.962 bits per heavy atom. The standard InChI is InChI=1S/C20H23N3O3/c24-19(11-4-8-16-6-2-1-3-7-16)23-14-12-22(13-15-23)18-10-5-9-17(21-18)20(25)26/h1-3,5-7,9-10H,4,8,11-15H2,(H,25,26). The lowest BCUT2D eigenvalue weighted by atomic mass is 10.1. The lowest BCUT2D eigenvalue weighted by molar-refractivity contribution is -0.131. The number of rotatable bonds is 6. The summed E-state index contributed by atoms with van der Waals surface area (Å²) < 4.78 is 0. The Bertz CT molecular complexity index is 756. The number of aromatic carboxylic acids is 1. The Balaban J connectivity index is 1.46. The van der Waals surface area contributed by atoms with Gasteiger partial charge in [0, 0.05) is 32.6 Å². The van der Waals surface area contributed by atoms with E-state index in [-0.39, 0.29) is 11.6 Å². The number of carboxylic acid groups (broad SMARTS) is 1. The van der Waals surface area contributed by atoms with Crippen molar-refractivity contribution in [2.75, 3.05) is 31.1 Å². The number of aromatic nitrogens is 1. The SMILES string of the molecule is O=C(O)c1cccc(N2CCN(C(=O)CCCc3ccccc3)CC2)n1. The molecule has 1 fully saturated rings. The Kier molecular flexibility index (Phi) is 5.84. The molecule has 1 amide bonds. The van der Waals surface area contributed by atoms with E-state index in [2.05, 4.69) is 17.1 Å². The van der Waals surface area contributed by atoms with E-state index in [9.17, 15) is 9.59 Å². The molecular formula is C20H23N3O3. The average Bonchev–Trinajstić information content (AvgIpc) is 2.69. The van der Waals surface area contributed by atoms with Crippen LogP contribution in [0.4, 0.5) is 5.82 Å². The molecular weight excluding hydrogens is 330 g/mol. The summed E-state index contributed by atoms with van der Waals surface area (Å²) in [6.07, 6.45) is 2.32. The first-order valence-electron chi connectivity index (χ1n) is 8.90. The van der Waals surface area contributed by atoms with Gasteiger partial charge in [0.05, 0.1) is 0 Å². The summed E-state index contributed by atoms with van der Waals surface area (Å²) in [5.41, 5.74) is 1.30. The van der Waals surface area contributed by atoms with E-state index in [4.69, 9.17) is 5.11 Å². The number of amides is 1. The zero-order valence-electron chi connectivity index (χ0n) is 14.7. The first-order valence-corrected chi connectivity index (χ1v) is 8.90. The van der Waals surface area contributed by atoms with Crippen LogP contribution in [0.3, 0.4) is 0 Å². The van der Waals surface area contributed by atoms with Gasteiger partial charge in [0.2, 0.25) is 5.91 Å². The molecule has 0 bridgehead atoms. The van der Waals surface area contributed by atoms with Gasteiger partial charge < -0.3 is 14.9 Å². The van der Waals surface area contributed by atoms with E-state index in [1.807, 2.05) is 34.1 Å². The zero-order valence-corrected chi connectivity index (χ0v) is 14.7. The smallest absolute Gasteiger partial charge is 0.354 e. The monoisotopic (exact) mass is 353 g/mol. The molecule has 0 spiro atoms. The Hall–Kier alpha value is -2.89. The molecule has 0 atom stereocenters. The third-order valence-electron chi connectivity index (χ3n) is 4.61. The van der Waals surface area contributed by atoms with E-state index >= 15 is 0 Å². The maximum Gasteiger partial charge on any atom is 0.354 e. The number of carboxylic acids is 1. The summed E-state index contributed by atoms with van der Waals surface area (Å²) in [7, 11) is 0. The van der Waals surface area contributed by atoms with Crippen molar-refractivity contribution in [2.45, 2.75) is 19.3 Å². The van der Waals surface area contributed by atoms with Gasteiger partial charge in [0.1, 0.15) is 5.82 Å². The van der Waals surface area contributed by atoms with Crippen LogP contribution < -0.4 is 4.90 Å². The molecule has 1 N–H and O–H groups in total. The highest BCUT2D eigenvalue weighted by atomic mass is 16.4. The molecule has 2 aromatic rings. The summed E-state index contributed by atoms with van der Waals surface area (Å²) in [6.45, 7) is 2.62. The zero-order chi connectivity index (χ0) is 18.4. The van der Waals surface area contributed by atoms with Gasteiger partial charge in [-0.05, 0) is 30.5 Å². The minimum absolute atomic E-state index is 0.0434. The molecule has 0 saturated carbocycles. The number of aryl methyl sites for hydroxylation is 1. The molecule has 0 unspecified atom stereocenters. The Morgan fingerprint density at radius 3 is 2.38 bits per heavy atom. The summed E-state index contributed by atoms with van der Waals surface area (Å²) in [5, 5.41) is 9.05. The number of carbonyl (C=O) groups excluding carboxylic acids is 1. The van der Waals surface area contributed by atoms with Crippen molar-refractivity contribution in [1.29, 1.82) is 0 Å². The molecule has 1 aliphatic rings. The summed E-state index contributed by atoms with van der Waals surface area (Å²) in [5.74, 6) is -0.187. The highest BCUT2D eigenvalue weighted by Gasteiger charge is 2.22. The first kappa shape index (κ1) is 17.9. The number of hydrogen-bond acceptors (Lipinski definition) is 4. The number of carbonyl (C=O) groups is 2. The normalized spacial score (nSPS) is 14.3. The largest absolute Gasteiger partial charge is 0.477 e. The molecule has 6 nitrogen and oxygen atoms in total. The molecule has 1 aliphatic heterocycles. The van der Waals surface area contributed by atoms with Gasteiger partial charge in [-0.25, -0.2) is 9.78 Å². The molecule has 6 heteroatoms. The molecule has 0 aliphatic carbocycles. The molecule has 26 heavy (non-hydrogen) atoms. The minimum atomic E-state index is -1.03. The van der Waals surface area contributed by atoms with Crippen LogP contribution in [0.2, 0.25) is 0 Å². The highest BCUT2D eigenvalue weighted by Crippen LogP contribution is 2.15. The van der Waals surface area contributed by atoms with Gasteiger partial charge >= 0.3 is 5.97 Å². The van der Waals surface area contributed by atoms with Crippen LogP contribution in [-0.2, 0) is 11.2 Å². The first-order chi connectivity index (χ1) is 12.6. The average molecular weight is 353 g/mol.